The summed E-state index contributed by atoms with van der Waals surface area (Å²) in [4.78, 5) is 12.0. The first-order valence-corrected chi connectivity index (χ1v) is 6.85. The van der Waals surface area contributed by atoms with Gasteiger partial charge < -0.3 is 11.1 Å². The minimum atomic E-state index is -4.88. The van der Waals surface area contributed by atoms with Gasteiger partial charge in [-0.05, 0) is 18.9 Å². The molecule has 0 bridgehead atoms. The molecular weight excluding hydrogens is 315 g/mol. The van der Waals surface area contributed by atoms with Crippen molar-refractivity contribution in [1.29, 1.82) is 5.41 Å². The van der Waals surface area contributed by atoms with Gasteiger partial charge in [0, 0.05) is 18.7 Å². The normalized spacial score (nSPS) is 14.0. The SMILES string of the molecule is C[C@H](Cc1ccccc1)NC(=O)/C(C(=N)[SH2+])=C(/N)C(F)(F)F. The van der Waals surface area contributed by atoms with Crippen LogP contribution in [0.3, 0.4) is 0 Å². The van der Waals surface area contributed by atoms with Crippen LogP contribution in [0.4, 0.5) is 13.2 Å². The maximum atomic E-state index is 12.6. The summed E-state index contributed by atoms with van der Waals surface area (Å²) in [6.45, 7) is 1.66. The molecule has 0 aromatic heterocycles. The summed E-state index contributed by atoms with van der Waals surface area (Å²) in [5.41, 5.74) is 3.35. The van der Waals surface area contributed by atoms with E-state index in [-0.39, 0.29) is 0 Å². The Morgan fingerprint density at radius 1 is 1.36 bits per heavy atom. The van der Waals surface area contributed by atoms with Crippen LogP contribution in [0.15, 0.2) is 41.6 Å². The fourth-order valence-corrected chi connectivity index (χ4v) is 2.08. The van der Waals surface area contributed by atoms with E-state index in [9.17, 15) is 18.0 Å². The number of hydrogen-bond donors (Lipinski definition) is 3. The van der Waals surface area contributed by atoms with Gasteiger partial charge in [0.25, 0.3) is 5.91 Å². The molecule has 1 atom stereocenters. The summed E-state index contributed by atoms with van der Waals surface area (Å²) >= 11 is 2.63. The quantitative estimate of drug-likeness (QED) is 0.331. The maximum absolute atomic E-state index is 12.6. The van der Waals surface area contributed by atoms with Gasteiger partial charge in [-0.2, -0.15) is 13.2 Å². The molecule has 0 saturated carbocycles. The number of allylic oxidation sites excluding steroid dienone is 1. The molecule has 0 heterocycles. The second kappa shape index (κ2) is 7.35. The monoisotopic (exact) mass is 332 g/mol. The van der Waals surface area contributed by atoms with Crippen molar-refractivity contribution in [3.8, 4) is 0 Å². The number of rotatable bonds is 5. The number of nitrogens with one attached hydrogen (secondary N) is 2. The molecule has 0 aliphatic rings. The average molecular weight is 332 g/mol. The summed E-state index contributed by atoms with van der Waals surface area (Å²) in [5, 5.41) is 8.96. The Bertz CT molecular complexity index is 585. The molecule has 120 valence electrons. The van der Waals surface area contributed by atoms with Crippen molar-refractivity contribution in [1.82, 2.24) is 5.32 Å². The first-order chi connectivity index (χ1) is 10.1. The second-order valence-electron chi connectivity index (χ2n) is 4.73. The van der Waals surface area contributed by atoms with E-state index in [2.05, 4.69) is 17.9 Å². The van der Waals surface area contributed by atoms with E-state index in [1.807, 2.05) is 30.3 Å². The van der Waals surface area contributed by atoms with Gasteiger partial charge in [0.15, 0.2) is 0 Å². The van der Waals surface area contributed by atoms with Crippen LogP contribution >= 0.6 is 0 Å². The molecule has 22 heavy (non-hydrogen) atoms. The van der Waals surface area contributed by atoms with E-state index in [1.165, 1.54) is 0 Å². The first kappa shape index (κ1) is 18.1. The van der Waals surface area contributed by atoms with Gasteiger partial charge in [0.1, 0.15) is 11.3 Å². The predicted molar refractivity (Wildman–Crippen MR) is 82.9 cm³/mol. The highest BCUT2D eigenvalue weighted by atomic mass is 32.1. The zero-order valence-electron chi connectivity index (χ0n) is 11.8. The summed E-state index contributed by atoms with van der Waals surface area (Å²) < 4.78 is 37.9. The van der Waals surface area contributed by atoms with Crippen LogP contribution in [-0.4, -0.2) is 23.2 Å². The third-order valence-electron chi connectivity index (χ3n) is 2.81. The minimum absolute atomic E-state index is 0.419. The van der Waals surface area contributed by atoms with Crippen LogP contribution in [-0.2, 0) is 23.8 Å². The highest BCUT2D eigenvalue weighted by Crippen LogP contribution is 2.24. The van der Waals surface area contributed by atoms with E-state index in [0.717, 1.165) is 5.56 Å². The fraction of sp³-hybridized carbons (Fsp3) is 0.286. The van der Waals surface area contributed by atoms with E-state index in [4.69, 9.17) is 11.1 Å². The molecule has 1 rings (SSSR count). The third kappa shape index (κ3) is 5.10. The first-order valence-electron chi connectivity index (χ1n) is 6.35. The lowest BCUT2D eigenvalue weighted by Crippen LogP contribution is -2.39. The Morgan fingerprint density at radius 3 is 2.36 bits per heavy atom. The number of carbonyl (C=O) groups excluding carboxylic acids is 1. The van der Waals surface area contributed by atoms with E-state index in [1.54, 1.807) is 6.92 Å². The number of alkyl halides is 3. The summed E-state index contributed by atoms with van der Waals surface area (Å²) in [6, 6.07) is 8.75. The third-order valence-corrected chi connectivity index (χ3v) is 3.06. The van der Waals surface area contributed by atoms with Gasteiger partial charge in [0.2, 0.25) is 5.04 Å². The Labute approximate surface area is 131 Å². The summed E-state index contributed by atoms with van der Waals surface area (Å²) in [5.74, 6) is -1.04. The lowest BCUT2D eigenvalue weighted by Gasteiger charge is -2.16. The zero-order chi connectivity index (χ0) is 16.9. The Kier molecular flexibility index (Phi) is 6.04. The molecular formula is C14H17F3N3OS+. The van der Waals surface area contributed by atoms with Crippen molar-refractivity contribution in [2.45, 2.75) is 25.6 Å². The number of benzene rings is 1. The summed E-state index contributed by atoms with van der Waals surface area (Å²) in [6.07, 6.45) is -4.44. The van der Waals surface area contributed by atoms with Crippen molar-refractivity contribution in [3.63, 3.8) is 0 Å². The molecule has 0 aliphatic heterocycles. The molecule has 0 saturated heterocycles. The van der Waals surface area contributed by atoms with Crippen LogP contribution in [0.5, 0.6) is 0 Å². The Morgan fingerprint density at radius 2 is 1.91 bits per heavy atom. The van der Waals surface area contributed by atoms with Crippen molar-refractivity contribution >= 4 is 23.6 Å². The van der Waals surface area contributed by atoms with Crippen molar-refractivity contribution in [2.24, 2.45) is 5.73 Å². The topological polar surface area (TPSA) is 79.0 Å². The molecule has 0 unspecified atom stereocenters. The molecule has 0 spiro atoms. The van der Waals surface area contributed by atoms with E-state index < -0.39 is 34.4 Å². The van der Waals surface area contributed by atoms with E-state index >= 15 is 0 Å². The Hall–Kier alpha value is -1.96. The van der Waals surface area contributed by atoms with Gasteiger partial charge >= 0.3 is 6.18 Å². The molecule has 8 heteroatoms. The van der Waals surface area contributed by atoms with Crippen LogP contribution in [0.25, 0.3) is 0 Å². The van der Waals surface area contributed by atoms with Crippen molar-refractivity contribution in [3.05, 3.63) is 47.2 Å². The largest absolute Gasteiger partial charge is 0.431 e. The number of carbonyl (C=O) groups is 1. The maximum Gasteiger partial charge on any atom is 0.431 e. The Balaban J connectivity index is 2.87. The molecule has 0 fully saturated rings. The van der Waals surface area contributed by atoms with Crippen LogP contribution in [0.1, 0.15) is 12.5 Å². The van der Waals surface area contributed by atoms with Gasteiger partial charge in [-0.15, -0.1) is 0 Å². The molecule has 4 nitrogen and oxygen atoms in total. The van der Waals surface area contributed by atoms with Crippen molar-refractivity contribution < 1.29 is 18.0 Å². The molecule has 1 amide bonds. The van der Waals surface area contributed by atoms with Crippen LogP contribution in [0, 0.1) is 5.41 Å². The van der Waals surface area contributed by atoms with Gasteiger partial charge in [-0.25, -0.2) is 0 Å². The van der Waals surface area contributed by atoms with Crippen LogP contribution in [0.2, 0.25) is 0 Å². The average Bonchev–Trinajstić information content (AvgIpc) is 2.37. The van der Waals surface area contributed by atoms with Gasteiger partial charge in [-0.1, -0.05) is 30.3 Å². The highest BCUT2D eigenvalue weighted by molar-refractivity contribution is 7.78. The zero-order valence-corrected chi connectivity index (χ0v) is 12.8. The second-order valence-corrected chi connectivity index (χ2v) is 5.23. The van der Waals surface area contributed by atoms with E-state index in [0.29, 0.717) is 6.42 Å². The molecule has 1 aromatic carbocycles. The lowest BCUT2D eigenvalue weighted by molar-refractivity contribution is -0.119. The smallest absolute Gasteiger partial charge is 0.394 e. The fourth-order valence-electron chi connectivity index (χ4n) is 1.83. The highest BCUT2D eigenvalue weighted by Gasteiger charge is 2.38. The number of hydrogen-bond acceptors (Lipinski definition) is 3. The molecule has 0 radical (unpaired) electrons. The number of amides is 1. The standard InChI is InChI=1S/C14H16F3N3OS/c1-8(7-9-5-3-2-4-6-9)20-13(21)10(12(19)22)11(18)14(15,16)17/h2-6,8H,7,18H2,1H3,(H2,19,22)(H,20,21)/p+1/b11-10+/t8-/m1/s1. The molecule has 4 N–H and O–H groups in total. The minimum Gasteiger partial charge on any atom is -0.394 e. The predicted octanol–water partition coefficient (Wildman–Crippen LogP) is 1.50. The van der Waals surface area contributed by atoms with Crippen LogP contribution < -0.4 is 11.1 Å². The van der Waals surface area contributed by atoms with Gasteiger partial charge in [0.05, 0.1) is 0 Å². The number of nitrogens with two attached hydrogens (primary N) is 1. The lowest BCUT2D eigenvalue weighted by atomic mass is 10.1. The number of halogens is 3. The molecule has 1 aromatic rings. The van der Waals surface area contributed by atoms with Crippen molar-refractivity contribution in [2.75, 3.05) is 0 Å². The molecule has 0 aliphatic carbocycles. The van der Waals surface area contributed by atoms with Gasteiger partial charge in [-0.3, -0.25) is 10.2 Å². The summed E-state index contributed by atoms with van der Waals surface area (Å²) in [7, 11) is 0.